The Labute approximate surface area is 113 Å². The van der Waals surface area contributed by atoms with Crippen molar-refractivity contribution in [3.05, 3.63) is 45.6 Å². The van der Waals surface area contributed by atoms with Gasteiger partial charge in [-0.15, -0.1) is 0 Å². The van der Waals surface area contributed by atoms with Crippen LogP contribution in [0, 0.1) is 28.4 Å². The molecule has 0 atom stereocenters. The van der Waals surface area contributed by atoms with Gasteiger partial charge < -0.3 is 10.5 Å². The lowest BCUT2D eigenvalue weighted by Crippen LogP contribution is -2.00. The van der Waals surface area contributed by atoms with Crippen LogP contribution in [0.4, 0.5) is 11.6 Å². The predicted molar refractivity (Wildman–Crippen MR) is 69.1 cm³/mol. The van der Waals surface area contributed by atoms with E-state index in [2.05, 4.69) is 9.97 Å². The van der Waals surface area contributed by atoms with Crippen molar-refractivity contribution in [3.63, 3.8) is 0 Å². The lowest BCUT2D eigenvalue weighted by molar-refractivity contribution is -0.385. The van der Waals surface area contributed by atoms with Crippen molar-refractivity contribution in [3.8, 4) is 17.7 Å². The molecular formula is C12H9N5O3. The number of nitriles is 1. The Balaban J connectivity index is 2.43. The minimum atomic E-state index is -0.631. The summed E-state index contributed by atoms with van der Waals surface area (Å²) in [6, 6.07) is 7.21. The summed E-state index contributed by atoms with van der Waals surface area (Å²) in [7, 11) is 0. The predicted octanol–water partition coefficient (Wildman–Crippen LogP) is 1.94. The number of aromatic nitrogens is 2. The zero-order valence-electron chi connectivity index (χ0n) is 10.4. The van der Waals surface area contributed by atoms with E-state index >= 15 is 0 Å². The minimum Gasteiger partial charge on any atom is -0.432 e. The van der Waals surface area contributed by atoms with Crippen LogP contribution in [0.3, 0.4) is 0 Å². The van der Waals surface area contributed by atoms with Gasteiger partial charge in [0.25, 0.3) is 0 Å². The van der Waals surface area contributed by atoms with Gasteiger partial charge in [0.15, 0.2) is 0 Å². The summed E-state index contributed by atoms with van der Waals surface area (Å²) in [5.74, 6) is 0.0885. The molecule has 0 aliphatic carbocycles. The molecule has 0 spiro atoms. The number of nitrogen functional groups attached to an aromatic ring is 1. The van der Waals surface area contributed by atoms with Crippen LogP contribution in [0.1, 0.15) is 11.3 Å². The molecule has 1 heterocycles. The van der Waals surface area contributed by atoms with E-state index in [1.807, 2.05) is 6.07 Å². The highest BCUT2D eigenvalue weighted by Gasteiger charge is 2.17. The average Bonchev–Trinajstić information content (AvgIpc) is 2.37. The number of nitrogens with two attached hydrogens (primary N) is 1. The third-order valence-corrected chi connectivity index (χ3v) is 2.35. The van der Waals surface area contributed by atoms with E-state index in [-0.39, 0.29) is 28.8 Å². The van der Waals surface area contributed by atoms with Crippen molar-refractivity contribution >= 4 is 11.6 Å². The standard InChI is InChI=1S/C12H9N5O3/c1-7-4-11(16-12(14)15-7)20-10-3-2-8(6-13)5-9(10)17(18)19/h2-5H,1H3,(H2,14,15,16). The Kier molecular flexibility index (Phi) is 3.43. The van der Waals surface area contributed by atoms with Gasteiger partial charge in [0.05, 0.1) is 16.6 Å². The van der Waals surface area contributed by atoms with Crippen LogP contribution in [0.2, 0.25) is 0 Å². The van der Waals surface area contributed by atoms with Gasteiger partial charge in [-0.1, -0.05) is 0 Å². The number of nitrogens with zero attached hydrogens (tertiary/aromatic N) is 4. The first-order chi connectivity index (χ1) is 9.49. The largest absolute Gasteiger partial charge is 0.432 e. The van der Waals surface area contributed by atoms with Gasteiger partial charge in [-0.05, 0) is 19.1 Å². The number of rotatable bonds is 3. The van der Waals surface area contributed by atoms with Gasteiger partial charge in [0.1, 0.15) is 0 Å². The Morgan fingerprint density at radius 1 is 1.40 bits per heavy atom. The summed E-state index contributed by atoms with van der Waals surface area (Å²) in [5, 5.41) is 19.7. The molecule has 0 saturated carbocycles. The second-order valence-electron chi connectivity index (χ2n) is 3.86. The second kappa shape index (κ2) is 5.19. The molecule has 0 radical (unpaired) electrons. The smallest absolute Gasteiger partial charge is 0.312 e. The summed E-state index contributed by atoms with van der Waals surface area (Å²) in [6.45, 7) is 1.69. The topological polar surface area (TPSA) is 128 Å². The second-order valence-corrected chi connectivity index (χ2v) is 3.86. The molecule has 20 heavy (non-hydrogen) atoms. The first-order valence-corrected chi connectivity index (χ1v) is 5.47. The summed E-state index contributed by atoms with van der Waals surface area (Å²) < 4.78 is 5.35. The molecule has 8 nitrogen and oxygen atoms in total. The third-order valence-electron chi connectivity index (χ3n) is 2.35. The van der Waals surface area contributed by atoms with Crippen LogP contribution in [-0.4, -0.2) is 14.9 Å². The average molecular weight is 271 g/mol. The number of nitro groups is 1. The maximum Gasteiger partial charge on any atom is 0.312 e. The van der Waals surface area contributed by atoms with E-state index in [9.17, 15) is 10.1 Å². The zero-order valence-corrected chi connectivity index (χ0v) is 10.4. The van der Waals surface area contributed by atoms with Crippen LogP contribution in [0.25, 0.3) is 0 Å². The molecular weight excluding hydrogens is 262 g/mol. The number of benzene rings is 1. The van der Waals surface area contributed by atoms with Crippen LogP contribution < -0.4 is 10.5 Å². The zero-order chi connectivity index (χ0) is 14.7. The molecule has 1 aromatic carbocycles. The fourth-order valence-electron chi connectivity index (χ4n) is 1.54. The van der Waals surface area contributed by atoms with Crippen molar-refractivity contribution in [2.75, 3.05) is 5.73 Å². The Morgan fingerprint density at radius 3 is 2.75 bits per heavy atom. The van der Waals surface area contributed by atoms with E-state index in [1.54, 1.807) is 6.92 Å². The molecule has 1 aromatic heterocycles. The number of anilines is 1. The van der Waals surface area contributed by atoms with Gasteiger partial charge in [-0.3, -0.25) is 10.1 Å². The van der Waals surface area contributed by atoms with Gasteiger partial charge >= 0.3 is 5.69 Å². The molecule has 8 heteroatoms. The number of hydrogen-bond acceptors (Lipinski definition) is 7. The normalized spacial score (nSPS) is 9.80. The summed E-state index contributed by atoms with van der Waals surface area (Å²) >= 11 is 0. The maximum absolute atomic E-state index is 11.0. The number of nitro benzene ring substituents is 1. The fraction of sp³-hybridized carbons (Fsp3) is 0.0833. The molecule has 2 N–H and O–H groups in total. The quantitative estimate of drug-likeness (QED) is 0.667. The number of hydrogen-bond donors (Lipinski definition) is 1. The van der Waals surface area contributed by atoms with Crippen LogP contribution in [0.5, 0.6) is 11.6 Å². The van der Waals surface area contributed by atoms with Crippen LogP contribution >= 0.6 is 0 Å². The van der Waals surface area contributed by atoms with Gasteiger partial charge in [-0.2, -0.15) is 10.2 Å². The maximum atomic E-state index is 11.0. The Bertz CT molecular complexity index is 703. The van der Waals surface area contributed by atoms with Crippen molar-refractivity contribution in [2.24, 2.45) is 0 Å². The number of aryl methyl sites for hydroxylation is 1. The van der Waals surface area contributed by atoms with E-state index < -0.39 is 4.92 Å². The monoisotopic (exact) mass is 271 g/mol. The lowest BCUT2D eigenvalue weighted by atomic mass is 10.2. The highest BCUT2D eigenvalue weighted by Crippen LogP contribution is 2.31. The molecule has 0 amide bonds. The van der Waals surface area contributed by atoms with E-state index in [4.69, 9.17) is 15.7 Å². The molecule has 0 bridgehead atoms. The molecule has 2 aromatic rings. The lowest BCUT2D eigenvalue weighted by Gasteiger charge is -2.06. The van der Waals surface area contributed by atoms with Crippen molar-refractivity contribution in [1.29, 1.82) is 5.26 Å². The first kappa shape index (κ1) is 13.2. The molecule has 0 fully saturated rings. The fourth-order valence-corrected chi connectivity index (χ4v) is 1.54. The SMILES string of the molecule is Cc1cc(Oc2ccc(C#N)cc2[N+](=O)[O-])nc(N)n1. The minimum absolute atomic E-state index is 0.0105. The summed E-state index contributed by atoms with van der Waals surface area (Å²) in [5.41, 5.74) is 5.90. The molecule has 100 valence electrons. The van der Waals surface area contributed by atoms with E-state index in [0.717, 1.165) is 6.07 Å². The van der Waals surface area contributed by atoms with Crippen LogP contribution in [-0.2, 0) is 0 Å². The molecule has 0 unspecified atom stereocenters. The van der Waals surface area contributed by atoms with E-state index in [1.165, 1.54) is 18.2 Å². The van der Waals surface area contributed by atoms with E-state index in [0.29, 0.717) is 5.69 Å². The summed E-state index contributed by atoms with van der Waals surface area (Å²) in [6.07, 6.45) is 0. The van der Waals surface area contributed by atoms with Gasteiger partial charge in [0.2, 0.25) is 17.6 Å². The van der Waals surface area contributed by atoms with Crippen molar-refractivity contribution in [2.45, 2.75) is 6.92 Å². The Hall–Kier alpha value is -3.21. The first-order valence-electron chi connectivity index (χ1n) is 5.47. The molecule has 0 aliphatic rings. The highest BCUT2D eigenvalue weighted by molar-refractivity contribution is 5.52. The Morgan fingerprint density at radius 2 is 2.15 bits per heavy atom. The third kappa shape index (κ3) is 2.78. The van der Waals surface area contributed by atoms with Gasteiger partial charge in [-0.25, -0.2) is 4.98 Å². The van der Waals surface area contributed by atoms with Crippen LogP contribution in [0.15, 0.2) is 24.3 Å². The molecule has 2 rings (SSSR count). The summed E-state index contributed by atoms with van der Waals surface area (Å²) in [4.78, 5) is 18.0. The molecule has 0 saturated heterocycles. The van der Waals surface area contributed by atoms with Crippen molar-refractivity contribution < 1.29 is 9.66 Å². The molecule has 0 aliphatic heterocycles. The van der Waals surface area contributed by atoms with Crippen molar-refractivity contribution in [1.82, 2.24) is 9.97 Å². The van der Waals surface area contributed by atoms with Gasteiger partial charge in [0, 0.05) is 17.8 Å². The highest BCUT2D eigenvalue weighted by atomic mass is 16.6. The number of ether oxygens (including phenoxy) is 1.